The first-order valence-electron chi connectivity index (χ1n) is 4.99. The molecule has 5 nitrogen and oxygen atoms in total. The van der Waals surface area contributed by atoms with Crippen LogP contribution < -0.4 is 15.2 Å². The van der Waals surface area contributed by atoms with Crippen molar-refractivity contribution in [1.82, 2.24) is 10.2 Å². The highest BCUT2D eigenvalue weighted by Gasteiger charge is 2.21. The van der Waals surface area contributed by atoms with E-state index in [9.17, 15) is 4.39 Å². The van der Waals surface area contributed by atoms with Crippen molar-refractivity contribution in [3.63, 3.8) is 0 Å². The maximum atomic E-state index is 14.4. The lowest BCUT2D eigenvalue weighted by Crippen LogP contribution is -1.97. The Labute approximate surface area is 111 Å². The third kappa shape index (κ3) is 2.01. The maximum absolute atomic E-state index is 14.4. The number of nitrogens with two attached hydrogens (primary N) is 1. The average molecular weight is 316 g/mol. The van der Waals surface area contributed by atoms with Gasteiger partial charge < -0.3 is 15.2 Å². The standard InChI is InChI=1S/C11H11BrFN3O2/c1-17-7-3-5(12)9(10(13)11(7)18-2)6-4-8(14)16-15-6/h3-4H,1-2H3,(H3,14,15,16). The highest BCUT2D eigenvalue weighted by Crippen LogP contribution is 2.41. The summed E-state index contributed by atoms with van der Waals surface area (Å²) in [4.78, 5) is 0. The highest BCUT2D eigenvalue weighted by molar-refractivity contribution is 9.10. The van der Waals surface area contributed by atoms with E-state index in [2.05, 4.69) is 26.1 Å². The average Bonchev–Trinajstić information content (AvgIpc) is 2.75. The number of benzene rings is 1. The molecule has 0 spiro atoms. The Kier molecular flexibility index (Phi) is 3.42. The van der Waals surface area contributed by atoms with Gasteiger partial charge in [0.25, 0.3) is 0 Å². The van der Waals surface area contributed by atoms with E-state index >= 15 is 0 Å². The van der Waals surface area contributed by atoms with Crippen LogP contribution in [0.1, 0.15) is 0 Å². The molecule has 2 aromatic rings. The Morgan fingerprint density at radius 3 is 2.56 bits per heavy atom. The number of ether oxygens (including phenoxy) is 2. The van der Waals surface area contributed by atoms with Gasteiger partial charge in [0.1, 0.15) is 5.82 Å². The van der Waals surface area contributed by atoms with Crippen molar-refractivity contribution in [3.8, 4) is 22.8 Å². The summed E-state index contributed by atoms with van der Waals surface area (Å²) >= 11 is 3.28. The second kappa shape index (κ2) is 4.85. The Balaban J connectivity index is 2.68. The number of aromatic amines is 1. The number of aromatic nitrogens is 2. The van der Waals surface area contributed by atoms with E-state index in [0.717, 1.165) is 0 Å². The lowest BCUT2D eigenvalue weighted by atomic mass is 10.1. The molecule has 0 bridgehead atoms. The fraction of sp³-hybridized carbons (Fsp3) is 0.182. The first-order valence-corrected chi connectivity index (χ1v) is 5.79. The Bertz CT molecular complexity index is 586. The lowest BCUT2D eigenvalue weighted by Gasteiger charge is -2.12. The molecule has 0 atom stereocenters. The lowest BCUT2D eigenvalue weighted by molar-refractivity contribution is 0.337. The van der Waals surface area contributed by atoms with E-state index in [1.807, 2.05) is 0 Å². The van der Waals surface area contributed by atoms with Crippen LogP contribution in [0.3, 0.4) is 0 Å². The van der Waals surface area contributed by atoms with E-state index in [1.165, 1.54) is 20.3 Å². The Morgan fingerprint density at radius 1 is 1.33 bits per heavy atom. The normalized spacial score (nSPS) is 10.4. The van der Waals surface area contributed by atoms with Gasteiger partial charge in [0.15, 0.2) is 17.3 Å². The minimum Gasteiger partial charge on any atom is -0.493 e. The van der Waals surface area contributed by atoms with Gasteiger partial charge in [-0.05, 0) is 22.0 Å². The van der Waals surface area contributed by atoms with Crippen LogP contribution in [0.5, 0.6) is 11.5 Å². The molecule has 1 heterocycles. The first kappa shape index (κ1) is 12.7. The van der Waals surface area contributed by atoms with Gasteiger partial charge in [-0.2, -0.15) is 5.10 Å². The van der Waals surface area contributed by atoms with Gasteiger partial charge in [0, 0.05) is 10.5 Å². The molecule has 0 aliphatic heterocycles. The number of methoxy groups -OCH3 is 2. The number of rotatable bonds is 3. The van der Waals surface area contributed by atoms with Crippen LogP contribution in [0.25, 0.3) is 11.3 Å². The third-order valence-electron chi connectivity index (χ3n) is 2.43. The predicted octanol–water partition coefficient (Wildman–Crippen LogP) is 2.58. The summed E-state index contributed by atoms with van der Waals surface area (Å²) in [6.45, 7) is 0. The SMILES string of the molecule is COc1cc(Br)c(-c2cc(N)n[nH]2)c(F)c1OC. The van der Waals surface area contributed by atoms with E-state index < -0.39 is 5.82 Å². The van der Waals surface area contributed by atoms with Crippen molar-refractivity contribution in [1.29, 1.82) is 0 Å². The Morgan fingerprint density at radius 2 is 2.06 bits per heavy atom. The van der Waals surface area contributed by atoms with Gasteiger partial charge in [-0.25, -0.2) is 4.39 Å². The summed E-state index contributed by atoms with van der Waals surface area (Å²) in [6, 6.07) is 3.16. The van der Waals surface area contributed by atoms with E-state index in [0.29, 0.717) is 15.9 Å². The molecular formula is C11H11BrFN3O2. The van der Waals surface area contributed by atoms with Crippen molar-refractivity contribution in [2.45, 2.75) is 0 Å². The van der Waals surface area contributed by atoms with Gasteiger partial charge >= 0.3 is 0 Å². The van der Waals surface area contributed by atoms with Gasteiger partial charge in [-0.3, -0.25) is 5.10 Å². The van der Waals surface area contributed by atoms with Gasteiger partial charge in [0.2, 0.25) is 0 Å². The first-order chi connectivity index (χ1) is 8.58. The topological polar surface area (TPSA) is 73.2 Å². The predicted molar refractivity (Wildman–Crippen MR) is 69.2 cm³/mol. The molecule has 0 aliphatic rings. The number of halogens is 2. The fourth-order valence-corrected chi connectivity index (χ4v) is 2.23. The molecule has 0 aliphatic carbocycles. The quantitative estimate of drug-likeness (QED) is 0.913. The monoisotopic (exact) mass is 315 g/mol. The van der Waals surface area contributed by atoms with Crippen LogP contribution >= 0.6 is 15.9 Å². The molecular weight excluding hydrogens is 305 g/mol. The summed E-state index contributed by atoms with van der Waals surface area (Å²) in [5.41, 5.74) is 6.25. The zero-order chi connectivity index (χ0) is 13.3. The van der Waals surface area contributed by atoms with E-state index in [1.54, 1.807) is 6.07 Å². The van der Waals surface area contributed by atoms with Crippen molar-refractivity contribution < 1.29 is 13.9 Å². The molecule has 1 aromatic carbocycles. The van der Waals surface area contributed by atoms with Gasteiger partial charge in [0.05, 0.1) is 25.5 Å². The summed E-state index contributed by atoms with van der Waals surface area (Å²) in [7, 11) is 2.82. The molecule has 3 N–H and O–H groups in total. The van der Waals surface area contributed by atoms with Crippen molar-refractivity contribution in [3.05, 3.63) is 22.4 Å². The van der Waals surface area contributed by atoms with E-state index in [4.69, 9.17) is 15.2 Å². The molecule has 7 heteroatoms. The number of nitrogens with one attached hydrogen (secondary N) is 1. The molecule has 18 heavy (non-hydrogen) atoms. The number of H-pyrrole nitrogens is 1. The second-order valence-electron chi connectivity index (χ2n) is 3.49. The number of nitrogen functional groups attached to an aromatic ring is 1. The zero-order valence-corrected chi connectivity index (χ0v) is 11.3. The van der Waals surface area contributed by atoms with Crippen molar-refractivity contribution >= 4 is 21.7 Å². The van der Waals surface area contributed by atoms with Crippen LogP contribution in [0, 0.1) is 5.82 Å². The molecule has 0 unspecified atom stereocenters. The molecule has 0 saturated heterocycles. The van der Waals surface area contributed by atoms with Gasteiger partial charge in [-0.15, -0.1) is 0 Å². The minimum atomic E-state index is -0.549. The minimum absolute atomic E-state index is 0.0314. The fourth-order valence-electron chi connectivity index (χ4n) is 1.63. The van der Waals surface area contributed by atoms with Crippen LogP contribution in [-0.2, 0) is 0 Å². The number of anilines is 1. The molecule has 0 fully saturated rings. The van der Waals surface area contributed by atoms with Crippen LogP contribution in [-0.4, -0.2) is 24.4 Å². The number of hydrogen-bond donors (Lipinski definition) is 2. The molecule has 0 saturated carbocycles. The summed E-state index contributed by atoms with van der Waals surface area (Å²) in [6.07, 6.45) is 0. The smallest absolute Gasteiger partial charge is 0.197 e. The summed E-state index contributed by atoms with van der Waals surface area (Å²) < 4.78 is 24.9. The largest absolute Gasteiger partial charge is 0.493 e. The van der Waals surface area contributed by atoms with Crippen molar-refractivity contribution in [2.75, 3.05) is 20.0 Å². The maximum Gasteiger partial charge on any atom is 0.197 e. The highest BCUT2D eigenvalue weighted by atomic mass is 79.9. The van der Waals surface area contributed by atoms with Crippen LogP contribution in [0.15, 0.2) is 16.6 Å². The number of nitrogens with zero attached hydrogens (tertiary/aromatic N) is 1. The second-order valence-corrected chi connectivity index (χ2v) is 4.34. The molecule has 2 rings (SSSR count). The van der Waals surface area contributed by atoms with Gasteiger partial charge in [-0.1, -0.05) is 0 Å². The summed E-state index contributed by atoms with van der Waals surface area (Å²) in [5.74, 6) is 0.0699. The third-order valence-corrected chi connectivity index (χ3v) is 3.06. The van der Waals surface area contributed by atoms with E-state index in [-0.39, 0.29) is 17.1 Å². The summed E-state index contributed by atoms with van der Waals surface area (Å²) in [5, 5.41) is 6.42. The van der Waals surface area contributed by atoms with Crippen LogP contribution in [0.4, 0.5) is 10.2 Å². The molecule has 0 amide bonds. The van der Waals surface area contributed by atoms with Crippen molar-refractivity contribution in [2.24, 2.45) is 0 Å². The molecule has 96 valence electrons. The number of hydrogen-bond acceptors (Lipinski definition) is 4. The zero-order valence-electron chi connectivity index (χ0n) is 9.75. The Hall–Kier alpha value is -1.76. The van der Waals surface area contributed by atoms with Crippen LogP contribution in [0.2, 0.25) is 0 Å². The molecule has 1 aromatic heterocycles. The molecule has 0 radical (unpaired) electrons.